The highest BCUT2D eigenvalue weighted by Crippen LogP contribution is 2.15. The van der Waals surface area contributed by atoms with E-state index in [1.54, 1.807) is 13.2 Å². The summed E-state index contributed by atoms with van der Waals surface area (Å²) in [6.07, 6.45) is 4.80. The van der Waals surface area contributed by atoms with Gasteiger partial charge >= 0.3 is 0 Å². The van der Waals surface area contributed by atoms with E-state index >= 15 is 0 Å². The molecular weight excluding hydrogens is 390 g/mol. The number of aliphatic imine (C=N–C) groups is 1. The molecule has 0 aliphatic carbocycles. The molecule has 29 heavy (non-hydrogen) atoms. The molecule has 0 saturated carbocycles. The molecule has 1 fully saturated rings. The first-order valence-electron chi connectivity index (χ1n) is 9.93. The number of guanidine groups is 1. The second kappa shape index (κ2) is 10.5. The molecule has 0 spiro atoms. The molecule has 8 nitrogen and oxygen atoms in total. The first-order valence-corrected chi connectivity index (χ1v) is 11.6. The molecule has 1 aromatic carbocycles. The van der Waals surface area contributed by atoms with E-state index in [2.05, 4.69) is 25.3 Å². The number of fused-ring (bicyclic) bond motifs is 1. The van der Waals surface area contributed by atoms with Crippen LogP contribution in [0, 0.1) is 0 Å². The first kappa shape index (κ1) is 21.5. The Morgan fingerprint density at radius 1 is 1.24 bits per heavy atom. The van der Waals surface area contributed by atoms with Crippen molar-refractivity contribution in [2.45, 2.75) is 31.9 Å². The maximum Gasteiger partial charge on any atom is 0.213 e. The standard InChI is InChI=1S/C20H29N5O3S/c1-21-20(24-14-16-9-10-22-19-8-3-2-7-18(16)19)23-11-13-29(26,27)25-15-17-6-4-5-12-28-17/h2-3,7-10,17,25H,4-6,11-15H2,1H3,(H2,21,23,24). The molecule has 2 heterocycles. The summed E-state index contributed by atoms with van der Waals surface area (Å²) in [5, 5.41) is 7.36. The molecule has 0 amide bonds. The summed E-state index contributed by atoms with van der Waals surface area (Å²) in [7, 11) is -1.70. The second-order valence-corrected chi connectivity index (χ2v) is 8.92. The quantitative estimate of drug-likeness (QED) is 0.441. The average molecular weight is 420 g/mol. The maximum atomic E-state index is 12.2. The minimum absolute atomic E-state index is 0.0175. The summed E-state index contributed by atoms with van der Waals surface area (Å²) in [6, 6.07) is 9.91. The Labute approximate surface area is 172 Å². The van der Waals surface area contributed by atoms with Gasteiger partial charge in [0.05, 0.1) is 17.4 Å². The lowest BCUT2D eigenvalue weighted by atomic mass is 10.1. The van der Waals surface area contributed by atoms with Gasteiger partial charge in [0, 0.05) is 44.9 Å². The van der Waals surface area contributed by atoms with Crippen LogP contribution >= 0.6 is 0 Å². The summed E-state index contributed by atoms with van der Waals surface area (Å²) in [5.74, 6) is 0.523. The Morgan fingerprint density at radius 2 is 2.10 bits per heavy atom. The van der Waals surface area contributed by atoms with E-state index in [0.29, 0.717) is 25.7 Å². The van der Waals surface area contributed by atoms with Crippen LogP contribution in [0.4, 0.5) is 0 Å². The van der Waals surface area contributed by atoms with E-state index in [4.69, 9.17) is 4.74 Å². The van der Waals surface area contributed by atoms with Gasteiger partial charge in [-0.25, -0.2) is 13.1 Å². The number of ether oxygens (including phenoxy) is 1. The number of aromatic nitrogens is 1. The van der Waals surface area contributed by atoms with Crippen molar-refractivity contribution in [2.75, 3.05) is 32.5 Å². The monoisotopic (exact) mass is 419 g/mol. The van der Waals surface area contributed by atoms with Crippen molar-refractivity contribution in [1.29, 1.82) is 0 Å². The number of hydrogen-bond acceptors (Lipinski definition) is 5. The first-order chi connectivity index (χ1) is 14.1. The molecule has 1 atom stereocenters. The van der Waals surface area contributed by atoms with Crippen LogP contribution in [0.25, 0.3) is 10.9 Å². The third-order valence-corrected chi connectivity index (χ3v) is 6.23. The van der Waals surface area contributed by atoms with Gasteiger partial charge in [-0.05, 0) is 37.0 Å². The number of rotatable bonds is 8. The maximum absolute atomic E-state index is 12.2. The lowest BCUT2D eigenvalue weighted by Gasteiger charge is -2.22. The molecule has 3 N–H and O–H groups in total. The molecule has 158 valence electrons. The van der Waals surface area contributed by atoms with Crippen LogP contribution in [-0.4, -0.2) is 58.0 Å². The number of pyridine rings is 1. The Kier molecular flexibility index (Phi) is 7.79. The largest absolute Gasteiger partial charge is 0.377 e. The molecule has 1 aliphatic rings. The molecule has 9 heteroatoms. The summed E-state index contributed by atoms with van der Waals surface area (Å²) in [6.45, 7) is 1.87. The van der Waals surface area contributed by atoms with E-state index in [-0.39, 0.29) is 18.4 Å². The number of para-hydroxylation sites is 1. The Hall–Kier alpha value is -2.23. The fourth-order valence-corrected chi connectivity index (χ4v) is 4.23. The number of sulfonamides is 1. The third kappa shape index (κ3) is 6.66. The summed E-state index contributed by atoms with van der Waals surface area (Å²) < 4.78 is 32.6. The number of nitrogens with one attached hydrogen (secondary N) is 3. The zero-order valence-electron chi connectivity index (χ0n) is 16.7. The Bertz CT molecular complexity index is 921. The van der Waals surface area contributed by atoms with Crippen LogP contribution in [0.5, 0.6) is 0 Å². The molecule has 1 aromatic heterocycles. The summed E-state index contributed by atoms with van der Waals surface area (Å²) in [5.41, 5.74) is 2.04. The van der Waals surface area contributed by atoms with Gasteiger partial charge in [-0.1, -0.05) is 18.2 Å². The predicted octanol–water partition coefficient (Wildman–Crippen LogP) is 1.39. The van der Waals surface area contributed by atoms with Crippen molar-refractivity contribution in [3.63, 3.8) is 0 Å². The number of nitrogens with zero attached hydrogens (tertiary/aromatic N) is 2. The molecule has 1 saturated heterocycles. The molecule has 3 rings (SSSR count). The lowest BCUT2D eigenvalue weighted by molar-refractivity contribution is 0.0200. The summed E-state index contributed by atoms with van der Waals surface area (Å²) >= 11 is 0. The lowest BCUT2D eigenvalue weighted by Crippen LogP contribution is -2.42. The smallest absolute Gasteiger partial charge is 0.213 e. The summed E-state index contributed by atoms with van der Waals surface area (Å²) in [4.78, 5) is 8.53. The van der Waals surface area contributed by atoms with Crippen LogP contribution in [0.2, 0.25) is 0 Å². The minimum Gasteiger partial charge on any atom is -0.377 e. The van der Waals surface area contributed by atoms with Crippen LogP contribution < -0.4 is 15.4 Å². The molecule has 1 unspecified atom stereocenters. The van der Waals surface area contributed by atoms with Gasteiger partial charge in [0.1, 0.15) is 0 Å². The fourth-order valence-electron chi connectivity index (χ4n) is 3.27. The van der Waals surface area contributed by atoms with Gasteiger partial charge in [0.15, 0.2) is 5.96 Å². The molecular formula is C20H29N5O3S. The number of benzene rings is 1. The minimum atomic E-state index is -3.36. The molecule has 1 aliphatic heterocycles. The topological polar surface area (TPSA) is 105 Å². The van der Waals surface area contributed by atoms with E-state index in [1.165, 1.54) is 0 Å². The third-order valence-electron chi connectivity index (χ3n) is 4.88. The second-order valence-electron chi connectivity index (χ2n) is 7.00. The fraction of sp³-hybridized carbons (Fsp3) is 0.500. The van der Waals surface area contributed by atoms with Gasteiger partial charge in [0.2, 0.25) is 10.0 Å². The highest BCUT2D eigenvalue weighted by molar-refractivity contribution is 7.89. The van der Waals surface area contributed by atoms with Crippen molar-refractivity contribution < 1.29 is 13.2 Å². The number of hydrogen-bond donors (Lipinski definition) is 3. The van der Waals surface area contributed by atoms with Crippen LogP contribution in [0.15, 0.2) is 41.5 Å². The van der Waals surface area contributed by atoms with Crippen molar-refractivity contribution in [2.24, 2.45) is 4.99 Å². The zero-order chi connectivity index (χ0) is 20.5. The average Bonchev–Trinajstić information content (AvgIpc) is 2.75. The van der Waals surface area contributed by atoms with Crippen molar-refractivity contribution >= 4 is 26.9 Å². The van der Waals surface area contributed by atoms with Gasteiger partial charge < -0.3 is 15.4 Å². The van der Waals surface area contributed by atoms with E-state index in [1.807, 2.05) is 30.3 Å². The van der Waals surface area contributed by atoms with Crippen molar-refractivity contribution in [3.8, 4) is 0 Å². The van der Waals surface area contributed by atoms with Crippen LogP contribution in [0.1, 0.15) is 24.8 Å². The van der Waals surface area contributed by atoms with Crippen molar-refractivity contribution in [3.05, 3.63) is 42.1 Å². The Morgan fingerprint density at radius 3 is 2.90 bits per heavy atom. The van der Waals surface area contributed by atoms with Crippen LogP contribution in [-0.2, 0) is 21.3 Å². The molecule has 2 aromatic rings. The van der Waals surface area contributed by atoms with E-state index < -0.39 is 10.0 Å². The van der Waals surface area contributed by atoms with Crippen LogP contribution in [0.3, 0.4) is 0 Å². The van der Waals surface area contributed by atoms with Crippen molar-refractivity contribution in [1.82, 2.24) is 20.3 Å². The molecule has 0 bridgehead atoms. The Balaban J connectivity index is 1.44. The highest BCUT2D eigenvalue weighted by atomic mass is 32.2. The van der Waals surface area contributed by atoms with Gasteiger partial charge in [-0.2, -0.15) is 0 Å². The zero-order valence-corrected chi connectivity index (χ0v) is 17.5. The highest BCUT2D eigenvalue weighted by Gasteiger charge is 2.17. The molecule has 0 radical (unpaired) electrons. The van der Waals surface area contributed by atoms with Gasteiger partial charge in [-0.15, -0.1) is 0 Å². The van der Waals surface area contributed by atoms with Gasteiger partial charge in [-0.3, -0.25) is 9.98 Å². The van der Waals surface area contributed by atoms with E-state index in [0.717, 1.165) is 35.7 Å². The SMILES string of the molecule is CN=C(NCCS(=O)(=O)NCC1CCCCO1)NCc1ccnc2ccccc12. The van der Waals surface area contributed by atoms with Gasteiger partial charge in [0.25, 0.3) is 0 Å². The normalized spacial score (nSPS) is 18.0. The van der Waals surface area contributed by atoms with E-state index in [9.17, 15) is 8.42 Å². The predicted molar refractivity (Wildman–Crippen MR) is 115 cm³/mol.